The lowest BCUT2D eigenvalue weighted by molar-refractivity contribution is 0.237. The number of imidazole rings is 1. The molecule has 23 heavy (non-hydrogen) atoms. The standard InChI is InChI=1S/C16H17ClN4OS/c1-11(7-14-3-2-6-23-14)19-16(22)18-8-13-10-21-9-12(17)4-5-15(21)20-13/h2-6,9-11H,7-8H2,1H3,(H2,18,19,22). The Morgan fingerprint density at radius 3 is 3.04 bits per heavy atom. The van der Waals surface area contributed by atoms with Crippen LogP contribution in [0.5, 0.6) is 0 Å². The van der Waals surface area contributed by atoms with Gasteiger partial charge >= 0.3 is 6.03 Å². The zero-order valence-electron chi connectivity index (χ0n) is 12.6. The summed E-state index contributed by atoms with van der Waals surface area (Å²) in [5.41, 5.74) is 1.59. The molecule has 0 saturated heterocycles. The molecular weight excluding hydrogens is 332 g/mol. The van der Waals surface area contributed by atoms with Gasteiger partial charge in [0.25, 0.3) is 0 Å². The second kappa shape index (κ2) is 7.02. The Kier molecular flexibility index (Phi) is 4.83. The van der Waals surface area contributed by atoms with Gasteiger partial charge in [0, 0.05) is 29.7 Å². The number of thiophene rings is 1. The molecule has 3 aromatic rings. The van der Waals surface area contributed by atoms with Crippen molar-refractivity contribution in [3.63, 3.8) is 0 Å². The summed E-state index contributed by atoms with van der Waals surface area (Å²) in [4.78, 5) is 17.6. The number of urea groups is 1. The van der Waals surface area contributed by atoms with Crippen LogP contribution in [0, 0.1) is 0 Å². The molecule has 0 aromatic carbocycles. The highest BCUT2D eigenvalue weighted by Crippen LogP contribution is 2.12. The number of amides is 2. The summed E-state index contributed by atoms with van der Waals surface area (Å²) in [6.07, 6.45) is 4.48. The molecule has 0 bridgehead atoms. The van der Waals surface area contributed by atoms with Crippen LogP contribution in [-0.4, -0.2) is 21.5 Å². The van der Waals surface area contributed by atoms with Crippen LogP contribution in [0.2, 0.25) is 5.02 Å². The largest absolute Gasteiger partial charge is 0.335 e. The first-order valence-corrected chi connectivity index (χ1v) is 8.56. The van der Waals surface area contributed by atoms with E-state index in [1.54, 1.807) is 23.6 Å². The highest BCUT2D eigenvalue weighted by Gasteiger charge is 2.09. The first kappa shape index (κ1) is 15.8. The Labute approximate surface area is 143 Å². The van der Waals surface area contributed by atoms with Gasteiger partial charge in [-0.3, -0.25) is 0 Å². The zero-order chi connectivity index (χ0) is 16.2. The van der Waals surface area contributed by atoms with Crippen LogP contribution in [0.25, 0.3) is 5.65 Å². The van der Waals surface area contributed by atoms with Gasteiger partial charge in [-0.1, -0.05) is 17.7 Å². The van der Waals surface area contributed by atoms with Gasteiger partial charge in [0.1, 0.15) is 5.65 Å². The fraction of sp³-hybridized carbons (Fsp3) is 0.250. The Bertz CT molecular complexity index is 800. The Balaban J connectivity index is 1.51. The number of halogens is 1. The number of hydrogen-bond acceptors (Lipinski definition) is 3. The van der Waals surface area contributed by atoms with Crippen molar-refractivity contribution in [3.8, 4) is 0 Å². The minimum atomic E-state index is -0.191. The third-order valence-corrected chi connectivity index (χ3v) is 4.48. The van der Waals surface area contributed by atoms with E-state index in [9.17, 15) is 4.79 Å². The van der Waals surface area contributed by atoms with Gasteiger partial charge in [-0.2, -0.15) is 0 Å². The zero-order valence-corrected chi connectivity index (χ0v) is 14.2. The Hall–Kier alpha value is -2.05. The number of aromatic nitrogens is 2. The van der Waals surface area contributed by atoms with Crippen molar-refractivity contribution >= 4 is 34.6 Å². The van der Waals surface area contributed by atoms with Gasteiger partial charge in [-0.25, -0.2) is 9.78 Å². The fourth-order valence-corrected chi connectivity index (χ4v) is 3.33. The molecule has 3 heterocycles. The molecule has 0 spiro atoms. The molecule has 0 aliphatic rings. The topological polar surface area (TPSA) is 58.4 Å². The van der Waals surface area contributed by atoms with E-state index < -0.39 is 0 Å². The Morgan fingerprint density at radius 1 is 1.39 bits per heavy atom. The molecule has 2 amide bonds. The lowest BCUT2D eigenvalue weighted by atomic mass is 10.2. The number of fused-ring (bicyclic) bond motifs is 1. The minimum absolute atomic E-state index is 0.0773. The van der Waals surface area contributed by atoms with E-state index in [-0.39, 0.29) is 12.1 Å². The lowest BCUT2D eigenvalue weighted by Crippen LogP contribution is -2.41. The molecule has 5 nitrogen and oxygen atoms in total. The quantitative estimate of drug-likeness (QED) is 0.741. The predicted molar refractivity (Wildman–Crippen MR) is 93.1 cm³/mol. The molecule has 0 saturated carbocycles. The van der Waals surface area contributed by atoms with Gasteiger partial charge in [0.05, 0.1) is 17.3 Å². The van der Waals surface area contributed by atoms with E-state index in [4.69, 9.17) is 11.6 Å². The molecule has 2 N–H and O–H groups in total. The van der Waals surface area contributed by atoms with Crippen molar-refractivity contribution in [1.29, 1.82) is 0 Å². The first-order chi connectivity index (χ1) is 11.1. The second-order valence-electron chi connectivity index (χ2n) is 5.36. The predicted octanol–water partition coefficient (Wildman–Crippen LogP) is 3.48. The number of hydrogen-bond donors (Lipinski definition) is 2. The van der Waals surface area contributed by atoms with Gasteiger partial charge < -0.3 is 15.0 Å². The molecule has 3 rings (SSSR count). The smallest absolute Gasteiger partial charge is 0.315 e. The lowest BCUT2D eigenvalue weighted by Gasteiger charge is -2.13. The van der Waals surface area contributed by atoms with E-state index >= 15 is 0 Å². The van der Waals surface area contributed by atoms with Gasteiger partial charge in [0.15, 0.2) is 0 Å². The first-order valence-electron chi connectivity index (χ1n) is 7.30. The maximum absolute atomic E-state index is 12.0. The maximum Gasteiger partial charge on any atom is 0.315 e. The summed E-state index contributed by atoms with van der Waals surface area (Å²) < 4.78 is 1.84. The molecule has 7 heteroatoms. The normalized spacial score (nSPS) is 12.3. The molecule has 0 fully saturated rings. The minimum Gasteiger partial charge on any atom is -0.335 e. The van der Waals surface area contributed by atoms with Crippen LogP contribution < -0.4 is 10.6 Å². The Morgan fingerprint density at radius 2 is 2.26 bits per heavy atom. The molecule has 3 aromatic heterocycles. The van der Waals surface area contributed by atoms with Gasteiger partial charge in [-0.15, -0.1) is 11.3 Å². The van der Waals surface area contributed by atoms with Gasteiger partial charge in [0.2, 0.25) is 0 Å². The molecule has 1 atom stereocenters. The molecule has 0 radical (unpaired) electrons. The van der Waals surface area contributed by atoms with E-state index in [2.05, 4.69) is 21.7 Å². The average Bonchev–Trinajstić information content (AvgIpc) is 3.13. The fourth-order valence-electron chi connectivity index (χ4n) is 2.33. The number of pyridine rings is 1. The van der Waals surface area contributed by atoms with Crippen molar-refractivity contribution < 1.29 is 4.79 Å². The van der Waals surface area contributed by atoms with Crippen molar-refractivity contribution in [2.75, 3.05) is 0 Å². The van der Waals surface area contributed by atoms with Crippen molar-refractivity contribution in [2.45, 2.75) is 25.9 Å². The van der Waals surface area contributed by atoms with Crippen LogP contribution in [-0.2, 0) is 13.0 Å². The molecular formula is C16H17ClN4OS. The SMILES string of the molecule is CC(Cc1cccs1)NC(=O)NCc1cn2cc(Cl)ccc2n1. The summed E-state index contributed by atoms with van der Waals surface area (Å²) >= 11 is 7.64. The van der Waals surface area contributed by atoms with Crippen LogP contribution in [0.4, 0.5) is 4.79 Å². The molecule has 0 aliphatic carbocycles. The summed E-state index contributed by atoms with van der Waals surface area (Å²) in [6, 6.07) is 7.61. The molecule has 120 valence electrons. The monoisotopic (exact) mass is 348 g/mol. The van der Waals surface area contributed by atoms with Crippen molar-refractivity contribution in [3.05, 3.63) is 57.6 Å². The molecule has 0 aliphatic heterocycles. The summed E-state index contributed by atoms with van der Waals surface area (Å²) in [7, 11) is 0. The van der Waals surface area contributed by atoms with Crippen molar-refractivity contribution in [2.24, 2.45) is 0 Å². The van der Waals surface area contributed by atoms with E-state index in [1.165, 1.54) is 4.88 Å². The number of carbonyl (C=O) groups excluding carboxylic acids is 1. The number of carbonyl (C=O) groups is 1. The summed E-state index contributed by atoms with van der Waals surface area (Å²) in [6.45, 7) is 2.36. The van der Waals surface area contributed by atoms with Crippen LogP contribution >= 0.6 is 22.9 Å². The highest BCUT2D eigenvalue weighted by molar-refractivity contribution is 7.09. The van der Waals surface area contributed by atoms with E-state index in [1.807, 2.05) is 35.0 Å². The van der Waals surface area contributed by atoms with Gasteiger partial charge in [-0.05, 0) is 30.5 Å². The van der Waals surface area contributed by atoms with Crippen molar-refractivity contribution in [1.82, 2.24) is 20.0 Å². The number of nitrogens with one attached hydrogen (secondary N) is 2. The number of nitrogens with zero attached hydrogens (tertiary/aromatic N) is 2. The van der Waals surface area contributed by atoms with Crippen LogP contribution in [0.1, 0.15) is 17.5 Å². The average molecular weight is 349 g/mol. The second-order valence-corrected chi connectivity index (χ2v) is 6.83. The van der Waals surface area contributed by atoms with E-state index in [0.29, 0.717) is 11.6 Å². The number of rotatable bonds is 5. The third kappa shape index (κ3) is 4.24. The summed E-state index contributed by atoms with van der Waals surface area (Å²) in [5.74, 6) is 0. The maximum atomic E-state index is 12.0. The highest BCUT2D eigenvalue weighted by atomic mass is 35.5. The molecule has 1 unspecified atom stereocenters. The van der Waals surface area contributed by atoms with Crippen LogP contribution in [0.3, 0.4) is 0 Å². The van der Waals surface area contributed by atoms with E-state index in [0.717, 1.165) is 17.8 Å². The van der Waals surface area contributed by atoms with Crippen LogP contribution in [0.15, 0.2) is 42.0 Å². The summed E-state index contributed by atoms with van der Waals surface area (Å²) in [5, 5.41) is 8.45. The third-order valence-electron chi connectivity index (χ3n) is 3.36.